The van der Waals surface area contributed by atoms with Gasteiger partial charge in [-0.05, 0) is 6.04 Å². The fourth-order valence-electron chi connectivity index (χ4n) is 2.82. The average Bonchev–Trinajstić information content (AvgIpc) is 2.66. The molecule has 0 aromatic carbocycles. The molecule has 0 spiro atoms. The smallest absolute Gasteiger partial charge is 0.286 e. The Morgan fingerprint density at radius 3 is 1.46 bits per heavy atom. The first-order valence-corrected chi connectivity index (χ1v) is 17.7. The van der Waals surface area contributed by atoms with Crippen LogP contribution in [0.1, 0.15) is 90.4 Å². The molecule has 0 aromatic heterocycles. The third kappa shape index (κ3) is 25.1. The fraction of sp³-hybridized carbons (Fsp3) is 1.00. The summed E-state index contributed by atoms with van der Waals surface area (Å²) in [4.78, 5) is 0. The van der Waals surface area contributed by atoms with Crippen molar-refractivity contribution >= 4 is 60.3 Å². The van der Waals surface area contributed by atoms with Crippen LogP contribution in [0.3, 0.4) is 0 Å². The Hall–Kier alpha value is 1.10. The molecule has 0 fully saturated rings. The molecule has 0 atom stereocenters. The molecule has 26 heavy (non-hydrogen) atoms. The molecular formula is C15H44O5Si6. The third-order valence-corrected chi connectivity index (χ3v) is 11.9. The second-order valence-corrected chi connectivity index (χ2v) is 17.8. The van der Waals surface area contributed by atoms with E-state index in [2.05, 4.69) is 6.92 Å². The topological polar surface area (TPSA) is 46.2 Å². The van der Waals surface area contributed by atoms with Crippen LogP contribution in [0, 0.1) is 0 Å². The Balaban J connectivity index is 2.95. The van der Waals surface area contributed by atoms with Gasteiger partial charge >= 0.3 is 0 Å². The van der Waals surface area contributed by atoms with Crippen LogP contribution in [0.25, 0.3) is 0 Å². The molecule has 0 amide bonds. The monoisotopic (exact) mass is 472 g/mol. The quantitative estimate of drug-likeness (QED) is 0.154. The van der Waals surface area contributed by atoms with Crippen LogP contribution in [0.15, 0.2) is 0 Å². The van der Waals surface area contributed by atoms with Crippen molar-refractivity contribution in [3.63, 3.8) is 0 Å². The Kier molecular flexibility index (Phi) is 27.2. The summed E-state index contributed by atoms with van der Waals surface area (Å²) in [5.41, 5.74) is 0. The molecule has 0 N–H and O–H groups in total. The van der Waals surface area contributed by atoms with Gasteiger partial charge in [0.15, 0.2) is 0 Å². The van der Waals surface area contributed by atoms with Crippen molar-refractivity contribution in [2.24, 2.45) is 0 Å². The van der Waals surface area contributed by atoms with Gasteiger partial charge in [-0.15, -0.1) is 0 Å². The Labute approximate surface area is 177 Å². The zero-order valence-electron chi connectivity index (χ0n) is 17.5. The summed E-state index contributed by atoms with van der Waals surface area (Å²) in [5.74, 6) is 0. The summed E-state index contributed by atoms with van der Waals surface area (Å²) in [5, 5.41) is 0. The summed E-state index contributed by atoms with van der Waals surface area (Å²) < 4.78 is 27.1. The first-order valence-electron chi connectivity index (χ1n) is 10.7. The van der Waals surface area contributed by atoms with Gasteiger partial charge in [-0.3, -0.25) is 0 Å². The zero-order valence-corrected chi connectivity index (χ0v) is 26.5. The van der Waals surface area contributed by atoms with Gasteiger partial charge in [0.1, 0.15) is 20.2 Å². The number of hydrogen-bond acceptors (Lipinski definition) is 5. The van der Waals surface area contributed by atoms with Crippen molar-refractivity contribution in [1.82, 2.24) is 0 Å². The van der Waals surface area contributed by atoms with E-state index in [4.69, 9.17) is 20.6 Å². The van der Waals surface area contributed by atoms with Gasteiger partial charge in [0.25, 0.3) is 40.0 Å². The molecule has 5 nitrogen and oxygen atoms in total. The minimum absolute atomic E-state index is 0.321. The highest BCUT2D eigenvalue weighted by Crippen LogP contribution is 2.12. The van der Waals surface area contributed by atoms with Crippen molar-refractivity contribution in [2.75, 3.05) is 0 Å². The SMILES string of the molecule is CCCCCCCCCCCCCCC[SiH2]O[SiH2]O[SiH2]O[SiH2]O[SiH2]O[SiH3]. The van der Waals surface area contributed by atoms with Crippen molar-refractivity contribution in [3.05, 3.63) is 0 Å². The molecule has 0 saturated carbocycles. The molecule has 0 rings (SSSR count). The first-order chi connectivity index (χ1) is 12.9. The largest absolute Gasteiger partial charge is 0.449 e. The molecule has 0 unspecified atom stereocenters. The van der Waals surface area contributed by atoms with E-state index in [0.29, 0.717) is 0 Å². The lowest BCUT2D eigenvalue weighted by Gasteiger charge is -2.07. The van der Waals surface area contributed by atoms with Crippen LogP contribution < -0.4 is 0 Å². The predicted molar refractivity (Wildman–Crippen MR) is 129 cm³/mol. The molecule has 11 heteroatoms. The lowest BCUT2D eigenvalue weighted by molar-refractivity contribution is 0.389. The van der Waals surface area contributed by atoms with Crippen LogP contribution in [0.4, 0.5) is 0 Å². The zero-order chi connectivity index (χ0) is 19.0. The fourth-order valence-corrected chi connectivity index (χ4v) is 12.2. The molecule has 0 heterocycles. The molecule has 0 saturated heterocycles. The van der Waals surface area contributed by atoms with E-state index in [1.54, 1.807) is 0 Å². The van der Waals surface area contributed by atoms with Gasteiger partial charge in [0, 0.05) is 0 Å². The second-order valence-electron chi connectivity index (χ2n) is 6.88. The van der Waals surface area contributed by atoms with E-state index in [-0.39, 0.29) is 9.76 Å². The molecular weight excluding hydrogens is 429 g/mol. The van der Waals surface area contributed by atoms with Gasteiger partial charge in [0.2, 0.25) is 0 Å². The number of unbranched alkanes of at least 4 members (excludes halogenated alkanes) is 12. The van der Waals surface area contributed by atoms with Crippen molar-refractivity contribution in [1.29, 1.82) is 0 Å². The van der Waals surface area contributed by atoms with E-state index in [9.17, 15) is 0 Å². The van der Waals surface area contributed by atoms with Crippen LogP contribution >= 0.6 is 0 Å². The lowest BCUT2D eigenvalue weighted by atomic mass is 10.1. The molecule has 158 valence electrons. The van der Waals surface area contributed by atoms with Crippen molar-refractivity contribution in [3.8, 4) is 0 Å². The maximum atomic E-state index is 5.74. The summed E-state index contributed by atoms with van der Waals surface area (Å²) in [7, 11) is -2.57. The Morgan fingerprint density at radius 2 is 0.962 bits per heavy atom. The second kappa shape index (κ2) is 26.1. The van der Waals surface area contributed by atoms with Gasteiger partial charge in [-0.25, -0.2) is 0 Å². The third-order valence-electron chi connectivity index (χ3n) is 4.34. The molecule has 0 aliphatic carbocycles. The molecule has 0 aromatic rings. The van der Waals surface area contributed by atoms with E-state index in [0.717, 1.165) is 10.5 Å². The average molecular weight is 473 g/mol. The van der Waals surface area contributed by atoms with Crippen molar-refractivity contribution < 1.29 is 20.6 Å². The standard InChI is InChI=1S/C15H44O5Si6/c1-2-3-4-5-6-7-8-9-10-11-12-13-14-15-22-17-24-19-26-20-25-18-23-16-21/h2-15,22-26H2,1,21H3. The van der Waals surface area contributed by atoms with Gasteiger partial charge in [0.05, 0.1) is 0 Å². The van der Waals surface area contributed by atoms with Crippen LogP contribution in [0.2, 0.25) is 6.04 Å². The van der Waals surface area contributed by atoms with Gasteiger partial charge in [-0.2, -0.15) is 0 Å². The molecule has 0 aliphatic rings. The molecule has 0 aliphatic heterocycles. The van der Waals surface area contributed by atoms with Crippen LogP contribution in [0.5, 0.6) is 0 Å². The molecule has 0 radical (unpaired) electrons. The summed E-state index contributed by atoms with van der Waals surface area (Å²) in [6, 6.07) is 1.32. The Bertz CT molecular complexity index is 233. The minimum atomic E-state index is -0.809. The van der Waals surface area contributed by atoms with E-state index < -0.39 is 40.0 Å². The highest BCUT2D eigenvalue weighted by molar-refractivity contribution is 6.47. The minimum Gasteiger partial charge on any atom is -0.449 e. The number of hydrogen-bond donors (Lipinski definition) is 0. The van der Waals surface area contributed by atoms with Gasteiger partial charge in [-0.1, -0.05) is 90.4 Å². The lowest BCUT2D eigenvalue weighted by Crippen LogP contribution is -2.17. The van der Waals surface area contributed by atoms with Crippen LogP contribution in [-0.2, 0) is 20.6 Å². The van der Waals surface area contributed by atoms with Crippen molar-refractivity contribution in [2.45, 2.75) is 96.4 Å². The first kappa shape index (κ1) is 27.1. The van der Waals surface area contributed by atoms with E-state index >= 15 is 0 Å². The summed E-state index contributed by atoms with van der Waals surface area (Å²) in [6.45, 7) is 2.29. The Morgan fingerprint density at radius 1 is 0.538 bits per heavy atom. The van der Waals surface area contributed by atoms with E-state index in [1.807, 2.05) is 0 Å². The van der Waals surface area contributed by atoms with Crippen LogP contribution in [-0.4, -0.2) is 60.3 Å². The predicted octanol–water partition coefficient (Wildman–Crippen LogP) is -0.0617. The van der Waals surface area contributed by atoms with E-state index in [1.165, 1.54) is 89.5 Å². The summed E-state index contributed by atoms with van der Waals surface area (Å²) >= 11 is 0. The maximum absolute atomic E-state index is 5.74. The normalized spacial score (nSPS) is 13.7. The van der Waals surface area contributed by atoms with Gasteiger partial charge < -0.3 is 20.6 Å². The maximum Gasteiger partial charge on any atom is 0.286 e. The highest BCUT2D eigenvalue weighted by Gasteiger charge is 1.96. The summed E-state index contributed by atoms with van der Waals surface area (Å²) in [6.07, 6.45) is 18.5. The number of rotatable bonds is 23. The molecule has 0 bridgehead atoms. The highest BCUT2D eigenvalue weighted by atomic mass is 28.4.